The zero-order chi connectivity index (χ0) is 28.0. The van der Waals surface area contributed by atoms with Gasteiger partial charge in [0, 0.05) is 43.0 Å². The van der Waals surface area contributed by atoms with Gasteiger partial charge < -0.3 is 24.3 Å². The number of oxazole rings is 1. The van der Waals surface area contributed by atoms with E-state index in [1.165, 1.54) is 6.33 Å². The molecule has 0 radical (unpaired) electrons. The van der Waals surface area contributed by atoms with Gasteiger partial charge in [0.1, 0.15) is 23.6 Å². The molecular weight excluding hydrogens is 512 g/mol. The van der Waals surface area contributed by atoms with Crippen molar-refractivity contribution in [3.8, 4) is 5.75 Å². The topological polar surface area (TPSA) is 134 Å². The number of anilines is 2. The van der Waals surface area contributed by atoms with Crippen molar-refractivity contribution in [2.24, 2.45) is 5.92 Å². The molecule has 2 unspecified atom stereocenters. The van der Waals surface area contributed by atoms with Crippen molar-refractivity contribution < 1.29 is 18.7 Å². The highest BCUT2D eigenvalue weighted by Gasteiger charge is 2.35. The van der Waals surface area contributed by atoms with Crippen LogP contribution in [0.3, 0.4) is 0 Å². The summed E-state index contributed by atoms with van der Waals surface area (Å²) < 4.78 is 10.5. The molecule has 0 spiro atoms. The molecule has 1 saturated heterocycles. The van der Waals surface area contributed by atoms with Crippen LogP contribution in [0, 0.1) is 12.8 Å². The summed E-state index contributed by atoms with van der Waals surface area (Å²) in [6.45, 7) is 5.93. The van der Waals surface area contributed by atoms with Crippen LogP contribution in [0.1, 0.15) is 40.5 Å². The molecule has 2 atom stereocenters. The van der Waals surface area contributed by atoms with E-state index in [4.69, 9.17) is 9.15 Å². The first-order valence-electron chi connectivity index (χ1n) is 13.3. The third-order valence-corrected chi connectivity index (χ3v) is 7.90. The molecule has 2 amide bonds. The van der Waals surface area contributed by atoms with Crippen LogP contribution in [0.5, 0.6) is 5.75 Å². The van der Waals surface area contributed by atoms with Crippen LogP contribution in [0.15, 0.2) is 51.9 Å². The number of nitrogens with zero attached hydrogens (tertiary/aromatic N) is 4. The van der Waals surface area contributed by atoms with Gasteiger partial charge in [-0.1, -0.05) is 6.92 Å². The smallest absolute Gasteiger partial charge is 0.417 e. The quantitative estimate of drug-likeness (QED) is 0.364. The second-order valence-corrected chi connectivity index (χ2v) is 10.4. The summed E-state index contributed by atoms with van der Waals surface area (Å²) in [5.41, 5.74) is 4.17. The zero-order valence-electron chi connectivity index (χ0n) is 22.6. The molecule has 1 fully saturated rings. The second-order valence-electron chi connectivity index (χ2n) is 10.4. The van der Waals surface area contributed by atoms with E-state index in [-0.39, 0.29) is 29.5 Å². The molecule has 2 aliphatic rings. The lowest BCUT2D eigenvalue weighted by molar-refractivity contribution is 0.103. The van der Waals surface area contributed by atoms with E-state index in [1.807, 2.05) is 30.0 Å². The summed E-state index contributed by atoms with van der Waals surface area (Å²) >= 11 is 0. The molecule has 0 aliphatic carbocycles. The number of hydrogen-bond acceptors (Lipinski definition) is 8. The number of ether oxygens (including phenoxy) is 1. The summed E-state index contributed by atoms with van der Waals surface area (Å²) in [6, 6.07) is 10.7. The molecule has 0 bridgehead atoms. The van der Waals surface area contributed by atoms with E-state index in [1.54, 1.807) is 25.3 Å². The Bertz CT molecular complexity index is 1680. The monoisotopic (exact) mass is 542 g/mol. The molecule has 4 aromatic rings. The standard InChI is InChI=1S/C29H30N6O5/c1-16-10-19(12-24-26(16)33-29(38)40-24)27(36)22-13-25(31-15-30-22)34-8-7-23(17(2)14-34)35-9-6-18-11-20(39-3)4-5-21(18)32-28(35)37/h4-5,10-13,15,17,23H,6-9,14H2,1-3H3,(H,32,37)(H,33,38). The number of nitrogens with one attached hydrogen (secondary N) is 2. The number of carbonyl (C=O) groups excluding carboxylic acids is 2. The Balaban J connectivity index is 1.17. The Kier molecular flexibility index (Phi) is 6.49. The molecule has 2 aromatic heterocycles. The summed E-state index contributed by atoms with van der Waals surface area (Å²) in [5, 5.41) is 3.07. The van der Waals surface area contributed by atoms with E-state index in [0.29, 0.717) is 42.1 Å². The highest BCUT2D eigenvalue weighted by Crippen LogP contribution is 2.31. The summed E-state index contributed by atoms with van der Waals surface area (Å²) in [7, 11) is 1.64. The number of ketones is 1. The molecule has 11 nitrogen and oxygen atoms in total. The number of urea groups is 1. The first-order chi connectivity index (χ1) is 19.3. The predicted octanol–water partition coefficient (Wildman–Crippen LogP) is 3.76. The Morgan fingerprint density at radius 2 is 1.98 bits per heavy atom. The van der Waals surface area contributed by atoms with Gasteiger partial charge >= 0.3 is 11.8 Å². The van der Waals surface area contributed by atoms with Crippen molar-refractivity contribution in [3.05, 3.63) is 75.7 Å². The zero-order valence-corrected chi connectivity index (χ0v) is 22.6. The van der Waals surface area contributed by atoms with Crippen molar-refractivity contribution >= 4 is 34.4 Å². The highest BCUT2D eigenvalue weighted by molar-refractivity contribution is 6.09. The van der Waals surface area contributed by atoms with Crippen molar-refractivity contribution in [3.63, 3.8) is 0 Å². The average molecular weight is 543 g/mol. The molecular formula is C29H30N6O5. The molecule has 6 rings (SSSR count). The highest BCUT2D eigenvalue weighted by atomic mass is 16.5. The maximum atomic E-state index is 13.3. The van der Waals surface area contributed by atoms with Crippen molar-refractivity contribution in [1.82, 2.24) is 19.9 Å². The molecule has 4 heterocycles. The fourth-order valence-electron chi connectivity index (χ4n) is 5.82. The number of aromatic amines is 1. The summed E-state index contributed by atoms with van der Waals surface area (Å²) in [6.07, 6.45) is 2.91. The third-order valence-electron chi connectivity index (χ3n) is 7.90. The van der Waals surface area contributed by atoms with E-state index >= 15 is 0 Å². The van der Waals surface area contributed by atoms with Crippen LogP contribution >= 0.6 is 0 Å². The van der Waals surface area contributed by atoms with E-state index in [9.17, 15) is 14.4 Å². The van der Waals surface area contributed by atoms with Crippen LogP contribution in [-0.2, 0) is 6.42 Å². The van der Waals surface area contributed by atoms with Gasteiger partial charge in [0.05, 0.1) is 12.6 Å². The van der Waals surface area contributed by atoms with E-state index < -0.39 is 5.76 Å². The van der Waals surface area contributed by atoms with Crippen molar-refractivity contribution in [1.29, 1.82) is 0 Å². The lowest BCUT2D eigenvalue weighted by Crippen LogP contribution is -2.53. The molecule has 0 saturated carbocycles. The summed E-state index contributed by atoms with van der Waals surface area (Å²) in [4.78, 5) is 53.5. The van der Waals surface area contributed by atoms with Gasteiger partial charge in [-0.15, -0.1) is 0 Å². The van der Waals surface area contributed by atoms with Gasteiger partial charge in [-0.3, -0.25) is 9.78 Å². The number of rotatable bonds is 5. The number of methoxy groups -OCH3 is 1. The normalized spacial score (nSPS) is 19.2. The van der Waals surface area contributed by atoms with Crippen LogP contribution in [0.4, 0.5) is 16.3 Å². The van der Waals surface area contributed by atoms with Gasteiger partial charge in [-0.2, -0.15) is 0 Å². The Labute approximate surface area is 230 Å². The maximum Gasteiger partial charge on any atom is 0.417 e. The van der Waals surface area contributed by atoms with Gasteiger partial charge in [-0.05, 0) is 67.1 Å². The molecule has 206 valence electrons. The first-order valence-corrected chi connectivity index (χ1v) is 13.3. The molecule has 40 heavy (non-hydrogen) atoms. The number of hydrogen-bond donors (Lipinski definition) is 2. The molecule has 2 N–H and O–H groups in total. The third kappa shape index (κ3) is 4.67. The largest absolute Gasteiger partial charge is 0.497 e. The molecule has 2 aromatic carbocycles. The van der Waals surface area contributed by atoms with Crippen LogP contribution in [0.2, 0.25) is 0 Å². The summed E-state index contributed by atoms with van der Waals surface area (Å²) in [5.74, 6) is 0.766. The number of aromatic nitrogens is 3. The van der Waals surface area contributed by atoms with Gasteiger partial charge in [0.25, 0.3) is 0 Å². The lowest BCUT2D eigenvalue weighted by Gasteiger charge is -2.42. The van der Waals surface area contributed by atoms with E-state index in [0.717, 1.165) is 35.4 Å². The second kappa shape index (κ2) is 10.1. The van der Waals surface area contributed by atoms with Crippen LogP contribution in [-0.4, -0.2) is 64.5 Å². The van der Waals surface area contributed by atoms with Gasteiger partial charge in [-0.25, -0.2) is 19.6 Å². The lowest BCUT2D eigenvalue weighted by atomic mass is 9.92. The number of amides is 2. The Hall–Kier alpha value is -4.67. The Morgan fingerprint density at radius 3 is 2.77 bits per heavy atom. The van der Waals surface area contributed by atoms with Crippen molar-refractivity contribution in [2.75, 3.05) is 37.0 Å². The number of H-pyrrole nitrogens is 1. The fourth-order valence-corrected chi connectivity index (χ4v) is 5.82. The average Bonchev–Trinajstić information content (AvgIpc) is 3.26. The first kappa shape index (κ1) is 25.6. The number of piperidine rings is 1. The number of aryl methyl sites for hydroxylation is 1. The van der Waals surface area contributed by atoms with Gasteiger partial charge in [0.15, 0.2) is 5.58 Å². The Morgan fingerprint density at radius 1 is 1.12 bits per heavy atom. The molecule has 11 heteroatoms. The minimum Gasteiger partial charge on any atom is -0.497 e. The fraction of sp³-hybridized carbons (Fsp3) is 0.345. The SMILES string of the molecule is COc1ccc2c(c1)CCN(C1CCN(c3cc(C(=O)c4cc(C)c5[nH]c(=O)oc5c4)ncn3)CC1C)C(=O)N2. The van der Waals surface area contributed by atoms with E-state index in [2.05, 4.69) is 32.1 Å². The minimum absolute atomic E-state index is 0.0705. The van der Waals surface area contributed by atoms with Gasteiger partial charge in [0.2, 0.25) is 5.78 Å². The molecule has 2 aliphatic heterocycles. The van der Waals surface area contributed by atoms with Crippen LogP contribution < -0.4 is 20.7 Å². The predicted molar refractivity (Wildman–Crippen MR) is 149 cm³/mol. The number of carbonyl (C=O) groups is 2. The maximum absolute atomic E-state index is 13.3. The number of fused-ring (bicyclic) bond motifs is 2. The van der Waals surface area contributed by atoms with Crippen molar-refractivity contribution in [2.45, 2.75) is 32.7 Å². The number of benzene rings is 2. The minimum atomic E-state index is -0.563. The van der Waals surface area contributed by atoms with Crippen LogP contribution in [0.25, 0.3) is 11.1 Å².